The van der Waals surface area contributed by atoms with Gasteiger partial charge in [0.2, 0.25) is 0 Å². The topological polar surface area (TPSA) is 59.3 Å². The summed E-state index contributed by atoms with van der Waals surface area (Å²) in [6.45, 7) is 4.74. The number of rotatable bonds is 3. The molecule has 0 radical (unpaired) electrons. The molecule has 100 valence electrons. The third-order valence-corrected chi connectivity index (χ3v) is 3.25. The average Bonchev–Trinajstić information content (AvgIpc) is 2.97. The van der Waals surface area contributed by atoms with Gasteiger partial charge in [-0.15, -0.1) is 0 Å². The van der Waals surface area contributed by atoms with Crippen molar-refractivity contribution in [3.8, 4) is 11.5 Å². The number of phenols is 1. The van der Waals surface area contributed by atoms with Gasteiger partial charge in [0, 0.05) is 23.9 Å². The molecule has 5 nitrogen and oxygen atoms in total. The smallest absolute Gasteiger partial charge is 0.128 e. The second-order valence-corrected chi connectivity index (χ2v) is 5.03. The minimum atomic E-state index is 0.0976. The molecule has 3 rings (SSSR count). The van der Waals surface area contributed by atoms with Crippen LogP contribution in [-0.2, 0) is 0 Å². The molecule has 1 aromatic carbocycles. The zero-order valence-electron chi connectivity index (χ0n) is 11.0. The van der Waals surface area contributed by atoms with Crippen LogP contribution in [0.2, 0.25) is 0 Å². The van der Waals surface area contributed by atoms with Gasteiger partial charge in [0.1, 0.15) is 18.1 Å². The van der Waals surface area contributed by atoms with Gasteiger partial charge in [0.25, 0.3) is 0 Å². The van der Waals surface area contributed by atoms with E-state index < -0.39 is 0 Å². The SMILES string of the molecule is CC(C)n1cc(NC2COc3cc(O)ccc32)cn1. The van der Waals surface area contributed by atoms with Crippen molar-refractivity contribution < 1.29 is 9.84 Å². The van der Waals surface area contributed by atoms with Crippen molar-refractivity contribution in [2.75, 3.05) is 11.9 Å². The minimum Gasteiger partial charge on any atom is -0.508 e. The van der Waals surface area contributed by atoms with Crippen molar-refractivity contribution in [2.24, 2.45) is 0 Å². The summed E-state index contributed by atoms with van der Waals surface area (Å²) in [5.74, 6) is 0.973. The Labute approximate surface area is 111 Å². The molecule has 0 saturated carbocycles. The summed E-state index contributed by atoms with van der Waals surface area (Å²) >= 11 is 0. The lowest BCUT2D eigenvalue weighted by atomic mass is 10.1. The van der Waals surface area contributed by atoms with Crippen molar-refractivity contribution in [1.82, 2.24) is 9.78 Å². The lowest BCUT2D eigenvalue weighted by Crippen LogP contribution is -2.11. The number of hydrogen-bond donors (Lipinski definition) is 2. The Balaban J connectivity index is 1.78. The van der Waals surface area contributed by atoms with Crippen LogP contribution in [0.25, 0.3) is 0 Å². The summed E-state index contributed by atoms with van der Waals surface area (Å²) in [6, 6.07) is 5.66. The predicted octanol–water partition coefficient (Wildman–Crippen LogP) is 2.72. The van der Waals surface area contributed by atoms with E-state index in [9.17, 15) is 5.11 Å². The lowest BCUT2D eigenvalue weighted by molar-refractivity contribution is 0.338. The molecular weight excluding hydrogens is 242 g/mol. The Morgan fingerprint density at radius 2 is 2.32 bits per heavy atom. The van der Waals surface area contributed by atoms with Crippen LogP contribution in [0.1, 0.15) is 31.5 Å². The minimum absolute atomic E-state index is 0.0976. The molecule has 2 N–H and O–H groups in total. The van der Waals surface area contributed by atoms with Gasteiger partial charge in [-0.05, 0) is 26.0 Å². The summed E-state index contributed by atoms with van der Waals surface area (Å²) in [4.78, 5) is 0. The fourth-order valence-electron chi connectivity index (χ4n) is 2.21. The normalized spacial score (nSPS) is 17.3. The van der Waals surface area contributed by atoms with Crippen molar-refractivity contribution in [3.05, 3.63) is 36.2 Å². The van der Waals surface area contributed by atoms with Gasteiger partial charge in [-0.25, -0.2) is 0 Å². The summed E-state index contributed by atoms with van der Waals surface area (Å²) < 4.78 is 7.48. The molecule has 5 heteroatoms. The first kappa shape index (κ1) is 11.9. The molecule has 0 aliphatic carbocycles. The molecule has 0 bridgehead atoms. The number of anilines is 1. The second-order valence-electron chi connectivity index (χ2n) is 5.03. The predicted molar refractivity (Wildman–Crippen MR) is 72.6 cm³/mol. The molecule has 2 aromatic rings. The van der Waals surface area contributed by atoms with Crippen LogP contribution in [0.3, 0.4) is 0 Å². The number of hydrogen-bond acceptors (Lipinski definition) is 4. The van der Waals surface area contributed by atoms with Gasteiger partial charge in [-0.2, -0.15) is 5.10 Å². The summed E-state index contributed by atoms with van der Waals surface area (Å²) in [7, 11) is 0. The number of ether oxygens (including phenoxy) is 1. The van der Waals surface area contributed by atoms with Crippen molar-refractivity contribution >= 4 is 5.69 Å². The van der Waals surface area contributed by atoms with Gasteiger partial charge in [0.05, 0.1) is 17.9 Å². The van der Waals surface area contributed by atoms with E-state index in [1.807, 2.05) is 23.1 Å². The van der Waals surface area contributed by atoms with Crippen LogP contribution >= 0.6 is 0 Å². The van der Waals surface area contributed by atoms with E-state index in [4.69, 9.17) is 4.74 Å². The zero-order chi connectivity index (χ0) is 13.4. The fourth-order valence-corrected chi connectivity index (χ4v) is 2.21. The number of aromatic hydroxyl groups is 1. The summed E-state index contributed by atoms with van der Waals surface area (Å²) in [5, 5.41) is 17.1. The number of phenolic OH excluding ortho intramolecular Hbond substituents is 1. The molecule has 0 amide bonds. The van der Waals surface area contributed by atoms with Crippen LogP contribution in [0.5, 0.6) is 11.5 Å². The highest BCUT2D eigenvalue weighted by Crippen LogP contribution is 2.36. The number of nitrogens with zero attached hydrogens (tertiary/aromatic N) is 2. The van der Waals surface area contributed by atoms with Crippen molar-refractivity contribution in [1.29, 1.82) is 0 Å². The fraction of sp³-hybridized carbons (Fsp3) is 0.357. The molecule has 19 heavy (non-hydrogen) atoms. The van der Waals surface area contributed by atoms with Gasteiger partial charge < -0.3 is 15.2 Å². The molecule has 1 unspecified atom stereocenters. The van der Waals surface area contributed by atoms with Gasteiger partial charge in [-0.1, -0.05) is 0 Å². The highest BCUT2D eigenvalue weighted by molar-refractivity contribution is 5.50. The first-order valence-corrected chi connectivity index (χ1v) is 6.40. The molecule has 1 aromatic heterocycles. The lowest BCUT2D eigenvalue weighted by Gasteiger charge is -2.11. The molecule has 0 fully saturated rings. The van der Waals surface area contributed by atoms with Gasteiger partial charge in [-0.3, -0.25) is 4.68 Å². The Hall–Kier alpha value is -2.17. The third kappa shape index (κ3) is 2.23. The van der Waals surface area contributed by atoms with E-state index in [-0.39, 0.29) is 11.8 Å². The first-order chi connectivity index (χ1) is 9.13. The Kier molecular flexibility index (Phi) is 2.81. The van der Waals surface area contributed by atoms with Crippen LogP contribution in [0.4, 0.5) is 5.69 Å². The maximum absolute atomic E-state index is 9.42. The van der Waals surface area contributed by atoms with E-state index in [0.29, 0.717) is 12.6 Å². The van der Waals surface area contributed by atoms with Gasteiger partial charge >= 0.3 is 0 Å². The molecule has 2 heterocycles. The number of nitrogens with one attached hydrogen (secondary N) is 1. The monoisotopic (exact) mass is 259 g/mol. The highest BCUT2D eigenvalue weighted by Gasteiger charge is 2.24. The number of aromatic nitrogens is 2. The van der Waals surface area contributed by atoms with Crippen LogP contribution in [0.15, 0.2) is 30.6 Å². The summed E-state index contributed by atoms with van der Waals surface area (Å²) in [6.07, 6.45) is 3.81. The molecule has 1 aliphatic rings. The maximum Gasteiger partial charge on any atom is 0.128 e. The van der Waals surface area contributed by atoms with E-state index in [0.717, 1.165) is 17.0 Å². The first-order valence-electron chi connectivity index (χ1n) is 6.40. The summed E-state index contributed by atoms with van der Waals surface area (Å²) in [5.41, 5.74) is 2.04. The maximum atomic E-state index is 9.42. The van der Waals surface area contributed by atoms with E-state index >= 15 is 0 Å². The Morgan fingerprint density at radius 3 is 3.05 bits per heavy atom. The zero-order valence-corrected chi connectivity index (χ0v) is 11.0. The molecule has 0 spiro atoms. The van der Waals surface area contributed by atoms with E-state index in [2.05, 4.69) is 24.3 Å². The van der Waals surface area contributed by atoms with Crippen LogP contribution in [0, 0.1) is 0 Å². The van der Waals surface area contributed by atoms with Crippen molar-refractivity contribution in [3.63, 3.8) is 0 Å². The van der Waals surface area contributed by atoms with E-state index in [1.54, 1.807) is 12.1 Å². The van der Waals surface area contributed by atoms with E-state index in [1.165, 1.54) is 0 Å². The number of benzene rings is 1. The van der Waals surface area contributed by atoms with Crippen LogP contribution < -0.4 is 10.1 Å². The van der Waals surface area contributed by atoms with Gasteiger partial charge in [0.15, 0.2) is 0 Å². The quantitative estimate of drug-likeness (QED) is 0.889. The molecule has 1 aliphatic heterocycles. The average molecular weight is 259 g/mol. The van der Waals surface area contributed by atoms with Crippen molar-refractivity contribution in [2.45, 2.75) is 25.9 Å². The van der Waals surface area contributed by atoms with Crippen LogP contribution in [-0.4, -0.2) is 21.5 Å². The third-order valence-electron chi connectivity index (χ3n) is 3.25. The Morgan fingerprint density at radius 1 is 1.47 bits per heavy atom. The largest absolute Gasteiger partial charge is 0.508 e. The molecule has 0 saturated heterocycles. The highest BCUT2D eigenvalue weighted by atomic mass is 16.5. The standard InChI is InChI=1S/C14H17N3O2/c1-9(2)17-7-10(6-15-17)16-13-8-19-14-5-11(18)3-4-12(13)14/h3-7,9,13,16,18H,8H2,1-2H3. The molecule has 1 atom stereocenters. The second kappa shape index (κ2) is 4.50. The molecular formula is C14H17N3O2. The number of fused-ring (bicyclic) bond motifs is 1. The Bertz CT molecular complexity index is 592.